The topological polar surface area (TPSA) is 124 Å². The van der Waals surface area contributed by atoms with E-state index in [-0.39, 0.29) is 17.4 Å². The highest BCUT2D eigenvalue weighted by atomic mass is 127. The summed E-state index contributed by atoms with van der Waals surface area (Å²) in [7, 11) is 0. The Hall–Kier alpha value is -2.12. The van der Waals surface area contributed by atoms with E-state index in [1.807, 2.05) is 0 Å². The normalized spacial score (nSPS) is 24.8. The summed E-state index contributed by atoms with van der Waals surface area (Å²) in [5.41, 5.74) is 0. The molecule has 0 spiro atoms. The second kappa shape index (κ2) is 11.7. The number of carbonyl (C=O) groups is 4. The van der Waals surface area contributed by atoms with Gasteiger partial charge in [-0.25, -0.2) is 0 Å². The zero-order valence-corrected chi connectivity index (χ0v) is 20.6. The lowest BCUT2D eigenvalue weighted by atomic mass is 9.98. The molecule has 0 saturated carbocycles. The molecule has 1 fully saturated rings. The molecule has 0 aromatic heterocycles. The predicted octanol–water partition coefficient (Wildman–Crippen LogP) is 2.41. The highest BCUT2D eigenvalue weighted by Gasteiger charge is 2.53. The van der Waals surface area contributed by atoms with E-state index in [9.17, 15) is 19.2 Å². The quantitative estimate of drug-likeness (QED) is 0.268. The van der Waals surface area contributed by atoms with Gasteiger partial charge in [0, 0.05) is 31.3 Å². The molecule has 2 unspecified atom stereocenters. The van der Waals surface area contributed by atoms with Crippen molar-refractivity contribution < 1.29 is 47.6 Å². The Labute approximate surface area is 202 Å². The van der Waals surface area contributed by atoms with Crippen LogP contribution in [-0.4, -0.2) is 61.2 Å². The third-order valence-electron chi connectivity index (χ3n) is 4.09. The van der Waals surface area contributed by atoms with Crippen molar-refractivity contribution in [2.24, 2.45) is 0 Å². The van der Waals surface area contributed by atoms with E-state index >= 15 is 0 Å². The zero-order chi connectivity index (χ0) is 24.0. The van der Waals surface area contributed by atoms with Gasteiger partial charge in [0.25, 0.3) is 0 Å². The van der Waals surface area contributed by atoms with Crippen molar-refractivity contribution in [3.63, 3.8) is 0 Å². The summed E-state index contributed by atoms with van der Waals surface area (Å²) in [6.45, 7) is 4.26. The third kappa shape index (κ3) is 7.48. The van der Waals surface area contributed by atoms with Crippen LogP contribution in [0.25, 0.3) is 0 Å². The van der Waals surface area contributed by atoms with E-state index in [4.69, 9.17) is 40.0 Å². The average Bonchev–Trinajstić information content (AvgIpc) is 2.65. The van der Waals surface area contributed by atoms with E-state index in [1.165, 1.54) is 6.92 Å². The second-order valence-corrected chi connectivity index (χ2v) is 8.41. The summed E-state index contributed by atoms with van der Waals surface area (Å²) in [5, 5.41) is 0.254. The number of hydrogen-bond donors (Lipinski definition) is 0. The summed E-state index contributed by atoms with van der Waals surface area (Å²) in [6.07, 6.45) is -6.35. The number of esters is 4. The molecule has 5 atom stereocenters. The number of ether oxygens (including phenoxy) is 6. The molecular weight excluding hydrogens is 563 g/mol. The highest BCUT2D eigenvalue weighted by molar-refractivity contribution is 14.1. The Kier molecular flexibility index (Phi) is 9.52. The molecule has 1 saturated heterocycles. The van der Waals surface area contributed by atoms with E-state index in [0.29, 0.717) is 0 Å². The summed E-state index contributed by atoms with van der Waals surface area (Å²) >= 11 is 8.31. The molecule has 32 heavy (non-hydrogen) atoms. The van der Waals surface area contributed by atoms with Crippen LogP contribution in [0.2, 0.25) is 5.02 Å². The molecule has 10 nitrogen and oxygen atoms in total. The predicted molar refractivity (Wildman–Crippen MR) is 117 cm³/mol. The number of rotatable bonds is 7. The Morgan fingerprint density at radius 3 is 2.00 bits per heavy atom. The lowest BCUT2D eigenvalue weighted by Gasteiger charge is -2.44. The van der Waals surface area contributed by atoms with Gasteiger partial charge in [-0.05, 0) is 40.8 Å². The van der Waals surface area contributed by atoms with Crippen molar-refractivity contribution in [2.75, 3.05) is 6.61 Å². The van der Waals surface area contributed by atoms with E-state index in [0.717, 1.165) is 24.3 Å². The first kappa shape index (κ1) is 26.1. The molecule has 0 aliphatic carbocycles. The largest absolute Gasteiger partial charge is 0.463 e. The first-order valence-corrected chi connectivity index (χ1v) is 10.9. The third-order valence-corrected chi connectivity index (χ3v) is 5.05. The van der Waals surface area contributed by atoms with Gasteiger partial charge in [0.15, 0.2) is 12.2 Å². The van der Waals surface area contributed by atoms with Gasteiger partial charge in [0.2, 0.25) is 12.4 Å². The van der Waals surface area contributed by atoms with Gasteiger partial charge in [-0.3, -0.25) is 19.2 Å². The molecule has 1 aliphatic rings. The molecule has 1 aliphatic heterocycles. The minimum absolute atomic E-state index is 0.202. The van der Waals surface area contributed by atoms with Gasteiger partial charge in [-0.15, -0.1) is 0 Å². The van der Waals surface area contributed by atoms with E-state index < -0.39 is 54.6 Å². The number of halogens is 2. The lowest BCUT2D eigenvalue weighted by molar-refractivity contribution is -0.288. The lowest BCUT2D eigenvalue weighted by Crippen LogP contribution is -2.63. The monoisotopic (exact) mass is 584 g/mol. The molecule has 0 amide bonds. The molecule has 0 radical (unpaired) electrons. The van der Waals surface area contributed by atoms with Gasteiger partial charge in [-0.2, -0.15) is 0 Å². The number of carbonyl (C=O) groups excluding carboxylic acids is 4. The van der Waals surface area contributed by atoms with Crippen LogP contribution >= 0.6 is 34.2 Å². The van der Waals surface area contributed by atoms with Crippen LogP contribution < -0.4 is 4.74 Å². The van der Waals surface area contributed by atoms with Gasteiger partial charge >= 0.3 is 23.9 Å². The minimum atomic E-state index is -1.34. The van der Waals surface area contributed by atoms with Crippen LogP contribution in [0.1, 0.15) is 27.7 Å². The molecule has 0 bridgehead atoms. The number of hydrogen-bond acceptors (Lipinski definition) is 10. The van der Waals surface area contributed by atoms with Gasteiger partial charge in [0.05, 0.1) is 5.02 Å². The van der Waals surface area contributed by atoms with Crippen molar-refractivity contribution >= 4 is 58.1 Å². The van der Waals surface area contributed by atoms with Crippen molar-refractivity contribution in [3.05, 3.63) is 26.8 Å². The van der Waals surface area contributed by atoms with Crippen LogP contribution in [0.15, 0.2) is 18.2 Å². The standard InChI is InChI=1S/C20H22ClIO10/c1-9(23)27-8-16-17(28-10(2)24)18(29-11(3)25)19(30-12(4)26)20(32-16)31-15-6-5-13(22)7-14(15)21/h5-7,16-20H,8H2,1-4H3/t16?,17-,18?,19-,20+/m1/s1. The maximum Gasteiger partial charge on any atom is 0.303 e. The van der Waals surface area contributed by atoms with Gasteiger partial charge in [-0.1, -0.05) is 11.6 Å². The summed E-state index contributed by atoms with van der Waals surface area (Å²) in [6, 6.07) is 4.95. The van der Waals surface area contributed by atoms with Crippen LogP contribution in [0.4, 0.5) is 0 Å². The Balaban J connectivity index is 2.47. The van der Waals surface area contributed by atoms with Crippen LogP contribution in [0, 0.1) is 3.57 Å². The Morgan fingerprint density at radius 2 is 1.47 bits per heavy atom. The molecule has 2 rings (SSSR count). The van der Waals surface area contributed by atoms with E-state index in [1.54, 1.807) is 18.2 Å². The molecule has 176 valence electrons. The summed E-state index contributed by atoms with van der Waals surface area (Å²) in [5.74, 6) is -2.58. The van der Waals surface area contributed by atoms with Crippen LogP contribution in [-0.2, 0) is 42.9 Å². The van der Waals surface area contributed by atoms with Crippen LogP contribution in [0.5, 0.6) is 5.75 Å². The highest BCUT2D eigenvalue weighted by Crippen LogP contribution is 2.33. The molecule has 0 N–H and O–H groups in total. The molecule has 1 aromatic carbocycles. The average molecular weight is 585 g/mol. The van der Waals surface area contributed by atoms with Crippen molar-refractivity contribution in [1.29, 1.82) is 0 Å². The van der Waals surface area contributed by atoms with Crippen molar-refractivity contribution in [2.45, 2.75) is 58.4 Å². The smallest absolute Gasteiger partial charge is 0.303 e. The Bertz CT molecular complexity index is 876. The zero-order valence-electron chi connectivity index (χ0n) is 17.7. The van der Waals surface area contributed by atoms with Crippen LogP contribution in [0.3, 0.4) is 0 Å². The fourth-order valence-corrected chi connectivity index (χ4v) is 3.88. The fraction of sp³-hybridized carbons (Fsp3) is 0.500. The van der Waals surface area contributed by atoms with E-state index in [2.05, 4.69) is 22.6 Å². The van der Waals surface area contributed by atoms with Gasteiger partial charge in [0.1, 0.15) is 18.5 Å². The molecular formula is C20H22ClIO10. The number of benzene rings is 1. The molecule has 12 heteroatoms. The first-order valence-electron chi connectivity index (χ1n) is 9.40. The fourth-order valence-electron chi connectivity index (χ4n) is 2.98. The molecule has 1 aromatic rings. The minimum Gasteiger partial charge on any atom is -0.463 e. The SMILES string of the molecule is CC(=O)OCC1O[C@H](Oc2ccc(I)cc2Cl)[C@H](OC(C)=O)C(OC(C)=O)[C@@H]1OC(C)=O. The second-order valence-electron chi connectivity index (χ2n) is 6.76. The first-order chi connectivity index (χ1) is 15.0. The van der Waals surface area contributed by atoms with Gasteiger partial charge < -0.3 is 28.4 Å². The Morgan fingerprint density at radius 1 is 0.906 bits per heavy atom. The maximum absolute atomic E-state index is 11.8. The summed E-state index contributed by atoms with van der Waals surface area (Å²) < 4.78 is 33.5. The van der Waals surface area contributed by atoms with Crippen molar-refractivity contribution in [1.82, 2.24) is 0 Å². The van der Waals surface area contributed by atoms with Crippen molar-refractivity contribution in [3.8, 4) is 5.75 Å². The maximum atomic E-state index is 11.8. The molecule has 1 heterocycles. The summed E-state index contributed by atoms with van der Waals surface area (Å²) in [4.78, 5) is 46.7.